The Labute approximate surface area is 207 Å². The average Bonchev–Trinajstić information content (AvgIpc) is 3.25. The van der Waals surface area contributed by atoms with E-state index in [2.05, 4.69) is 49.0 Å². The van der Waals surface area contributed by atoms with Gasteiger partial charge in [0.05, 0.1) is 23.6 Å². The van der Waals surface area contributed by atoms with E-state index in [1.54, 1.807) is 19.3 Å². The predicted octanol–water partition coefficient (Wildman–Crippen LogP) is 4.23. The van der Waals surface area contributed by atoms with Gasteiger partial charge in [0.1, 0.15) is 11.5 Å². The standard InChI is InChI=1S/C28H36N6O/c1-18-14-31-34-17-24(33-15-21-9-22(10-21)16-33)13-23(27(18)34)11-19-3-5-20(6-4-19)12-26-30-8-7-25(32-26)28(35)29-2/h7-8,13-14,17,19-22H,3-6,9-12,15-16H2,1-2H3,(H,29,35). The Kier molecular flexibility index (Phi) is 5.94. The Morgan fingerprint density at radius 2 is 1.80 bits per heavy atom. The van der Waals surface area contributed by atoms with E-state index in [9.17, 15) is 4.79 Å². The smallest absolute Gasteiger partial charge is 0.269 e. The molecule has 1 amide bonds. The lowest BCUT2D eigenvalue weighted by molar-refractivity contribution is 0.0957. The van der Waals surface area contributed by atoms with Crippen LogP contribution in [0.3, 0.4) is 0 Å². The molecule has 5 heterocycles. The molecule has 0 spiro atoms. The van der Waals surface area contributed by atoms with Gasteiger partial charge in [-0.1, -0.05) is 0 Å². The molecule has 35 heavy (non-hydrogen) atoms. The molecule has 7 rings (SSSR count). The molecular weight excluding hydrogens is 436 g/mol. The second-order valence-corrected chi connectivity index (χ2v) is 11.2. The highest BCUT2D eigenvalue weighted by molar-refractivity contribution is 5.91. The maximum atomic E-state index is 11.9. The summed E-state index contributed by atoms with van der Waals surface area (Å²) in [5.74, 6) is 3.72. The van der Waals surface area contributed by atoms with Gasteiger partial charge in [0.25, 0.3) is 5.91 Å². The average molecular weight is 473 g/mol. The Hall–Kier alpha value is -2.96. The van der Waals surface area contributed by atoms with Crippen LogP contribution in [-0.4, -0.2) is 45.6 Å². The number of fused-ring (bicyclic) bond motifs is 3. The van der Waals surface area contributed by atoms with Gasteiger partial charge >= 0.3 is 0 Å². The molecule has 2 aliphatic carbocycles. The van der Waals surface area contributed by atoms with Gasteiger partial charge < -0.3 is 10.2 Å². The number of rotatable bonds is 6. The SMILES string of the molecule is CNC(=O)c1ccnc(CC2CCC(Cc3cc(N4CC5CC(C5)C4)cn4ncc(C)c34)CC2)n1. The summed E-state index contributed by atoms with van der Waals surface area (Å²) in [5, 5.41) is 7.34. The van der Waals surface area contributed by atoms with Gasteiger partial charge in [-0.15, -0.1) is 0 Å². The Morgan fingerprint density at radius 1 is 1.09 bits per heavy atom. The van der Waals surface area contributed by atoms with E-state index in [0.29, 0.717) is 17.5 Å². The van der Waals surface area contributed by atoms with Crippen LogP contribution in [0.5, 0.6) is 0 Å². The second kappa shape index (κ2) is 9.25. The van der Waals surface area contributed by atoms with Crippen molar-refractivity contribution >= 4 is 17.1 Å². The first kappa shape index (κ1) is 22.5. The van der Waals surface area contributed by atoms with Crippen LogP contribution in [-0.2, 0) is 12.8 Å². The summed E-state index contributed by atoms with van der Waals surface area (Å²) in [7, 11) is 1.63. The molecule has 2 bridgehead atoms. The van der Waals surface area contributed by atoms with Crippen molar-refractivity contribution in [3.05, 3.63) is 53.4 Å². The molecule has 2 saturated heterocycles. The first-order valence-electron chi connectivity index (χ1n) is 13.3. The molecule has 0 radical (unpaired) electrons. The van der Waals surface area contributed by atoms with E-state index < -0.39 is 0 Å². The van der Waals surface area contributed by atoms with Gasteiger partial charge in [0, 0.05) is 32.8 Å². The minimum atomic E-state index is -0.150. The molecule has 3 aromatic heterocycles. The topological polar surface area (TPSA) is 75.4 Å². The number of nitrogens with zero attached hydrogens (tertiary/aromatic N) is 5. The molecule has 4 fully saturated rings. The van der Waals surface area contributed by atoms with Crippen LogP contribution in [0.1, 0.15) is 66.0 Å². The van der Waals surface area contributed by atoms with Crippen LogP contribution < -0.4 is 10.2 Å². The van der Waals surface area contributed by atoms with E-state index in [1.165, 1.54) is 73.9 Å². The fourth-order valence-corrected chi connectivity index (χ4v) is 6.73. The van der Waals surface area contributed by atoms with Crippen molar-refractivity contribution < 1.29 is 4.79 Å². The van der Waals surface area contributed by atoms with Gasteiger partial charge in [0.2, 0.25) is 0 Å². The van der Waals surface area contributed by atoms with Crippen LogP contribution in [0.2, 0.25) is 0 Å². The van der Waals surface area contributed by atoms with Crippen molar-refractivity contribution in [1.82, 2.24) is 24.9 Å². The number of pyridine rings is 1. The third-order valence-electron chi connectivity index (χ3n) is 8.63. The van der Waals surface area contributed by atoms with Gasteiger partial charge in [-0.2, -0.15) is 5.10 Å². The molecule has 3 aromatic rings. The first-order chi connectivity index (χ1) is 17.1. The zero-order valence-corrected chi connectivity index (χ0v) is 20.9. The number of aryl methyl sites for hydroxylation is 1. The molecular formula is C28H36N6O. The molecule has 1 N–H and O–H groups in total. The molecule has 2 aliphatic heterocycles. The number of hydrogen-bond acceptors (Lipinski definition) is 5. The monoisotopic (exact) mass is 472 g/mol. The maximum Gasteiger partial charge on any atom is 0.269 e. The summed E-state index contributed by atoms with van der Waals surface area (Å²) < 4.78 is 2.13. The van der Waals surface area contributed by atoms with Gasteiger partial charge in [-0.25, -0.2) is 14.5 Å². The molecule has 7 nitrogen and oxygen atoms in total. The van der Waals surface area contributed by atoms with E-state index in [0.717, 1.165) is 30.5 Å². The van der Waals surface area contributed by atoms with Crippen molar-refractivity contribution in [2.75, 3.05) is 25.0 Å². The van der Waals surface area contributed by atoms with Crippen LogP contribution in [0, 0.1) is 30.6 Å². The van der Waals surface area contributed by atoms with Crippen molar-refractivity contribution in [2.45, 2.75) is 58.3 Å². The minimum absolute atomic E-state index is 0.150. The molecule has 0 aromatic carbocycles. The number of aromatic nitrogens is 4. The lowest BCUT2D eigenvalue weighted by atomic mass is 9.71. The van der Waals surface area contributed by atoms with Crippen LogP contribution in [0.15, 0.2) is 30.7 Å². The van der Waals surface area contributed by atoms with Crippen molar-refractivity contribution in [2.24, 2.45) is 23.7 Å². The lowest BCUT2D eigenvalue weighted by Gasteiger charge is -2.48. The maximum absolute atomic E-state index is 11.9. The molecule has 0 unspecified atom stereocenters. The number of piperidine rings is 2. The zero-order valence-electron chi connectivity index (χ0n) is 20.9. The quantitative estimate of drug-likeness (QED) is 0.581. The summed E-state index contributed by atoms with van der Waals surface area (Å²) in [6.45, 7) is 4.59. The van der Waals surface area contributed by atoms with E-state index >= 15 is 0 Å². The van der Waals surface area contributed by atoms with Crippen molar-refractivity contribution in [3.8, 4) is 0 Å². The Balaban J connectivity index is 1.13. The normalized spacial score (nSPS) is 25.9. The summed E-state index contributed by atoms with van der Waals surface area (Å²) in [6, 6.07) is 4.15. The fraction of sp³-hybridized carbons (Fsp3) is 0.571. The molecule has 0 atom stereocenters. The Morgan fingerprint density at radius 3 is 2.51 bits per heavy atom. The molecule has 7 heteroatoms. The van der Waals surface area contributed by atoms with Gasteiger partial charge in [-0.3, -0.25) is 4.79 Å². The highest BCUT2D eigenvalue weighted by Crippen LogP contribution is 2.42. The summed E-state index contributed by atoms with van der Waals surface area (Å²) >= 11 is 0. The zero-order chi connectivity index (χ0) is 23.9. The number of amides is 1. The molecule has 2 saturated carbocycles. The first-order valence-corrected chi connectivity index (χ1v) is 13.3. The number of carbonyl (C=O) groups is 1. The third kappa shape index (κ3) is 4.53. The lowest BCUT2D eigenvalue weighted by Crippen LogP contribution is -2.48. The van der Waals surface area contributed by atoms with E-state index in [4.69, 9.17) is 0 Å². The molecule has 184 valence electrons. The number of carbonyl (C=O) groups excluding carboxylic acids is 1. The number of nitrogens with one attached hydrogen (secondary N) is 1. The predicted molar refractivity (Wildman–Crippen MR) is 137 cm³/mol. The molecule has 4 aliphatic rings. The van der Waals surface area contributed by atoms with Crippen LogP contribution >= 0.6 is 0 Å². The second-order valence-electron chi connectivity index (χ2n) is 11.2. The number of hydrogen-bond donors (Lipinski definition) is 1. The summed E-state index contributed by atoms with van der Waals surface area (Å²) in [6.07, 6.45) is 15.7. The fourth-order valence-electron chi connectivity index (χ4n) is 6.73. The van der Waals surface area contributed by atoms with Gasteiger partial charge in [-0.05, 0) is 98.8 Å². The van der Waals surface area contributed by atoms with Crippen LogP contribution in [0.25, 0.3) is 5.52 Å². The largest absolute Gasteiger partial charge is 0.370 e. The van der Waals surface area contributed by atoms with Gasteiger partial charge in [0.15, 0.2) is 0 Å². The highest BCUT2D eigenvalue weighted by Gasteiger charge is 2.37. The summed E-state index contributed by atoms with van der Waals surface area (Å²) in [5.41, 5.74) is 5.85. The summed E-state index contributed by atoms with van der Waals surface area (Å²) in [4.78, 5) is 23.4. The van der Waals surface area contributed by atoms with Crippen molar-refractivity contribution in [1.29, 1.82) is 0 Å². The highest BCUT2D eigenvalue weighted by atomic mass is 16.1. The van der Waals surface area contributed by atoms with E-state index in [-0.39, 0.29) is 5.91 Å². The van der Waals surface area contributed by atoms with Crippen molar-refractivity contribution in [3.63, 3.8) is 0 Å². The number of anilines is 1. The van der Waals surface area contributed by atoms with E-state index in [1.807, 2.05) is 6.20 Å². The van der Waals surface area contributed by atoms with Crippen LogP contribution in [0.4, 0.5) is 5.69 Å². The third-order valence-corrected chi connectivity index (χ3v) is 8.63. The Bertz CT molecular complexity index is 1210. The minimum Gasteiger partial charge on any atom is -0.370 e.